The molecule has 3 aromatic rings. The average Bonchev–Trinajstić information content (AvgIpc) is 2.80. The number of carbonyl (C=O) groups is 2. The van der Waals surface area contributed by atoms with Crippen molar-refractivity contribution in [2.75, 3.05) is 6.61 Å². The van der Waals surface area contributed by atoms with Crippen LogP contribution in [-0.2, 0) is 11.4 Å². The zero-order valence-electron chi connectivity index (χ0n) is 17.7. The first kappa shape index (κ1) is 23.8. The molecule has 3 aromatic carbocycles. The molecule has 2 N–H and O–H groups in total. The first-order valence-corrected chi connectivity index (χ1v) is 10.4. The lowest BCUT2D eigenvalue weighted by atomic mass is 10.1. The van der Waals surface area contributed by atoms with Crippen molar-refractivity contribution in [3.05, 3.63) is 100.0 Å². The second-order valence-electron chi connectivity index (χ2n) is 6.83. The fourth-order valence-electron chi connectivity index (χ4n) is 2.94. The van der Waals surface area contributed by atoms with E-state index in [0.717, 1.165) is 0 Å². The van der Waals surface area contributed by atoms with E-state index in [1.807, 2.05) is 0 Å². The maximum atomic E-state index is 13.9. The highest BCUT2D eigenvalue weighted by Crippen LogP contribution is 2.38. The van der Waals surface area contributed by atoms with Gasteiger partial charge in [0.05, 0.1) is 11.6 Å². The van der Waals surface area contributed by atoms with Gasteiger partial charge in [0.1, 0.15) is 18.1 Å². The Hall–Kier alpha value is -3.84. The van der Waals surface area contributed by atoms with Crippen molar-refractivity contribution in [1.82, 2.24) is 5.32 Å². The van der Waals surface area contributed by atoms with Gasteiger partial charge in [-0.1, -0.05) is 48.0 Å². The van der Waals surface area contributed by atoms with Crippen molar-refractivity contribution < 1.29 is 28.6 Å². The van der Waals surface area contributed by atoms with E-state index >= 15 is 0 Å². The van der Waals surface area contributed by atoms with E-state index in [-0.39, 0.29) is 35.4 Å². The summed E-state index contributed by atoms with van der Waals surface area (Å²) in [6, 6.07) is 17.4. The van der Waals surface area contributed by atoms with Crippen molar-refractivity contribution in [2.24, 2.45) is 0 Å². The first-order valence-electron chi connectivity index (χ1n) is 10.0. The number of ether oxygens (including phenoxy) is 2. The normalized spacial score (nSPS) is 11.1. The third kappa shape index (κ3) is 6.33. The Morgan fingerprint density at radius 1 is 1.06 bits per heavy atom. The number of carboxylic acid groups (broad SMARTS) is 1. The Balaban J connectivity index is 1.88. The van der Waals surface area contributed by atoms with Crippen molar-refractivity contribution >= 4 is 29.6 Å². The largest absolute Gasteiger partial charge is 0.490 e. The van der Waals surface area contributed by atoms with Crippen LogP contribution in [0.5, 0.6) is 11.5 Å². The molecule has 0 saturated carbocycles. The molecule has 6 nitrogen and oxygen atoms in total. The van der Waals surface area contributed by atoms with Crippen molar-refractivity contribution in [2.45, 2.75) is 13.5 Å². The van der Waals surface area contributed by atoms with Crippen LogP contribution in [0.4, 0.5) is 4.39 Å². The third-order valence-corrected chi connectivity index (χ3v) is 4.77. The molecule has 1 amide bonds. The van der Waals surface area contributed by atoms with Gasteiger partial charge in [0.15, 0.2) is 11.5 Å². The van der Waals surface area contributed by atoms with Gasteiger partial charge >= 0.3 is 5.97 Å². The number of amides is 1. The van der Waals surface area contributed by atoms with Crippen molar-refractivity contribution in [3.8, 4) is 11.5 Å². The zero-order chi connectivity index (χ0) is 23.8. The molecule has 0 atom stereocenters. The van der Waals surface area contributed by atoms with E-state index in [2.05, 4.69) is 5.32 Å². The maximum Gasteiger partial charge on any atom is 0.352 e. The number of rotatable bonds is 9. The standard InChI is InChI=1S/C25H21ClFNO5/c1-2-32-22-14-16(12-19(26)23(22)33-15-18-10-6-7-11-20(18)27)13-21(25(30)31)28-24(29)17-8-4-3-5-9-17/h3-14H,2,15H2,1H3,(H,28,29)(H,30,31)/b21-13+. The quantitative estimate of drug-likeness (QED) is 0.415. The number of halogens is 2. The lowest BCUT2D eigenvalue weighted by molar-refractivity contribution is -0.132. The lowest BCUT2D eigenvalue weighted by Crippen LogP contribution is -2.27. The van der Waals surface area contributed by atoms with Crippen molar-refractivity contribution in [3.63, 3.8) is 0 Å². The van der Waals surface area contributed by atoms with Gasteiger partial charge < -0.3 is 19.9 Å². The fraction of sp³-hybridized carbons (Fsp3) is 0.120. The average molecular weight is 470 g/mol. The molecule has 0 aliphatic heterocycles. The molecular weight excluding hydrogens is 449 g/mol. The topological polar surface area (TPSA) is 84.9 Å². The van der Waals surface area contributed by atoms with E-state index in [0.29, 0.717) is 16.7 Å². The lowest BCUT2D eigenvalue weighted by Gasteiger charge is -2.15. The molecule has 0 aliphatic rings. The highest BCUT2D eigenvalue weighted by Gasteiger charge is 2.17. The summed E-state index contributed by atoms with van der Waals surface area (Å²) < 4.78 is 25.2. The molecule has 0 fully saturated rings. The predicted octanol–water partition coefficient (Wildman–Crippen LogP) is 5.31. The van der Waals surface area contributed by atoms with Crippen LogP contribution >= 0.6 is 11.6 Å². The van der Waals surface area contributed by atoms with Gasteiger partial charge in [-0.15, -0.1) is 0 Å². The molecule has 3 rings (SSSR count). The number of carboxylic acids is 1. The summed E-state index contributed by atoms with van der Waals surface area (Å²) in [5.74, 6) is -1.85. The smallest absolute Gasteiger partial charge is 0.352 e. The third-order valence-electron chi connectivity index (χ3n) is 4.49. The molecule has 0 bridgehead atoms. The van der Waals surface area contributed by atoms with Gasteiger partial charge in [-0.3, -0.25) is 4.79 Å². The fourth-order valence-corrected chi connectivity index (χ4v) is 3.22. The van der Waals surface area contributed by atoms with Crippen LogP contribution in [-0.4, -0.2) is 23.6 Å². The van der Waals surface area contributed by atoms with Crippen LogP contribution in [0.1, 0.15) is 28.4 Å². The Morgan fingerprint density at radius 2 is 1.76 bits per heavy atom. The molecule has 33 heavy (non-hydrogen) atoms. The van der Waals surface area contributed by atoms with Gasteiger partial charge in [-0.25, -0.2) is 9.18 Å². The molecule has 0 aromatic heterocycles. The Kier molecular flexibility index (Phi) is 8.05. The maximum absolute atomic E-state index is 13.9. The van der Waals surface area contributed by atoms with Gasteiger partial charge in [0.2, 0.25) is 0 Å². The van der Waals surface area contributed by atoms with E-state index in [9.17, 15) is 19.1 Å². The van der Waals surface area contributed by atoms with Gasteiger partial charge in [0, 0.05) is 11.1 Å². The van der Waals surface area contributed by atoms with E-state index in [1.165, 1.54) is 24.3 Å². The summed E-state index contributed by atoms with van der Waals surface area (Å²) in [5, 5.41) is 12.1. The number of hydrogen-bond donors (Lipinski definition) is 2. The van der Waals surface area contributed by atoms with Gasteiger partial charge in [-0.05, 0) is 48.9 Å². The number of aliphatic carboxylic acids is 1. The first-order chi connectivity index (χ1) is 15.9. The number of hydrogen-bond acceptors (Lipinski definition) is 4. The SMILES string of the molecule is CCOc1cc(/C=C(/NC(=O)c2ccccc2)C(=O)O)cc(Cl)c1OCc1ccccc1F. The molecule has 0 aliphatic carbocycles. The molecule has 0 saturated heterocycles. The summed E-state index contributed by atoms with van der Waals surface area (Å²) in [4.78, 5) is 24.1. The molecule has 0 spiro atoms. The summed E-state index contributed by atoms with van der Waals surface area (Å²) in [6.07, 6.45) is 1.26. The van der Waals surface area contributed by atoms with Crippen LogP contribution in [0.3, 0.4) is 0 Å². The minimum atomic E-state index is -1.33. The van der Waals surface area contributed by atoms with Gasteiger partial charge in [-0.2, -0.15) is 0 Å². The molecule has 0 unspecified atom stereocenters. The summed E-state index contributed by atoms with van der Waals surface area (Å²) in [5.41, 5.74) is 0.682. The zero-order valence-corrected chi connectivity index (χ0v) is 18.4. The van der Waals surface area contributed by atoms with E-state index in [1.54, 1.807) is 55.5 Å². The van der Waals surface area contributed by atoms with E-state index in [4.69, 9.17) is 21.1 Å². The summed E-state index contributed by atoms with van der Waals surface area (Å²) in [6.45, 7) is 1.98. The van der Waals surface area contributed by atoms with Crippen molar-refractivity contribution in [1.29, 1.82) is 0 Å². The predicted molar refractivity (Wildman–Crippen MR) is 123 cm³/mol. The number of carbonyl (C=O) groups excluding carboxylic acids is 1. The van der Waals surface area contributed by atoms with Crippen LogP contribution in [0.15, 0.2) is 72.4 Å². The Bertz CT molecular complexity index is 1180. The van der Waals surface area contributed by atoms with E-state index < -0.39 is 17.7 Å². The van der Waals surface area contributed by atoms with Crippen LogP contribution in [0.2, 0.25) is 5.02 Å². The minimum absolute atomic E-state index is 0.0742. The highest BCUT2D eigenvalue weighted by atomic mass is 35.5. The number of nitrogens with one attached hydrogen (secondary N) is 1. The van der Waals surface area contributed by atoms with Gasteiger partial charge in [0.25, 0.3) is 5.91 Å². The Morgan fingerprint density at radius 3 is 2.42 bits per heavy atom. The highest BCUT2D eigenvalue weighted by molar-refractivity contribution is 6.32. The second-order valence-corrected chi connectivity index (χ2v) is 7.23. The summed E-state index contributed by atoms with van der Waals surface area (Å²) >= 11 is 6.38. The Labute approximate surface area is 195 Å². The van der Waals surface area contributed by atoms with Crippen LogP contribution < -0.4 is 14.8 Å². The number of benzene rings is 3. The minimum Gasteiger partial charge on any atom is -0.490 e. The molecule has 0 radical (unpaired) electrons. The summed E-state index contributed by atoms with van der Waals surface area (Å²) in [7, 11) is 0. The molecule has 0 heterocycles. The van der Waals surface area contributed by atoms with Crippen LogP contribution in [0, 0.1) is 5.82 Å². The monoisotopic (exact) mass is 469 g/mol. The van der Waals surface area contributed by atoms with Crippen LogP contribution in [0.25, 0.3) is 6.08 Å². The molecule has 170 valence electrons. The molecule has 8 heteroatoms. The second kappa shape index (κ2) is 11.2. The molecular formula is C25H21ClFNO5.